The number of hydrogen-bond acceptors (Lipinski definition) is 8. The maximum atomic E-state index is 13.3. The SMILES string of the molecule is CO[C@H]1C(=O)N2C(C(=O)C(C)(C)C)=C(COC(C)=O)C(OC(=O)C(C)(C)C)S[C@@H]12. The number of allylic oxidation sites excluding steroid dienone is 1. The van der Waals surface area contributed by atoms with E-state index in [2.05, 4.69) is 0 Å². The summed E-state index contributed by atoms with van der Waals surface area (Å²) in [5, 5.41) is -0.507. The average molecular weight is 428 g/mol. The first-order valence-electron chi connectivity index (χ1n) is 9.33. The molecule has 0 spiro atoms. The minimum atomic E-state index is -0.880. The summed E-state index contributed by atoms with van der Waals surface area (Å²) in [6.45, 7) is 11.3. The van der Waals surface area contributed by atoms with Gasteiger partial charge in [-0.2, -0.15) is 0 Å². The topological polar surface area (TPSA) is 99.2 Å². The monoisotopic (exact) mass is 427 g/mol. The molecule has 8 nitrogen and oxygen atoms in total. The molecule has 2 rings (SSSR count). The Balaban J connectivity index is 2.57. The summed E-state index contributed by atoms with van der Waals surface area (Å²) in [5.74, 6) is -1.66. The highest BCUT2D eigenvalue weighted by atomic mass is 32.2. The van der Waals surface area contributed by atoms with Crippen LogP contribution in [0.2, 0.25) is 0 Å². The lowest BCUT2D eigenvalue weighted by Gasteiger charge is -2.51. The number of Topliss-reactive ketones (excluding diaryl/α,β-unsaturated/α-hetero) is 1. The second kappa shape index (κ2) is 8.10. The van der Waals surface area contributed by atoms with Gasteiger partial charge in [0.25, 0.3) is 5.91 Å². The molecule has 0 bridgehead atoms. The predicted molar refractivity (Wildman–Crippen MR) is 106 cm³/mol. The third-order valence-electron chi connectivity index (χ3n) is 4.49. The van der Waals surface area contributed by atoms with Crippen LogP contribution in [0.4, 0.5) is 0 Å². The van der Waals surface area contributed by atoms with E-state index in [0.29, 0.717) is 5.57 Å². The number of ether oxygens (including phenoxy) is 3. The predicted octanol–water partition coefficient (Wildman–Crippen LogP) is 2.26. The number of methoxy groups -OCH3 is 1. The second-order valence-electron chi connectivity index (χ2n) is 9.11. The van der Waals surface area contributed by atoms with Crippen molar-refractivity contribution in [3.63, 3.8) is 0 Å². The van der Waals surface area contributed by atoms with Gasteiger partial charge >= 0.3 is 11.9 Å². The van der Waals surface area contributed by atoms with Gasteiger partial charge in [-0.15, -0.1) is 0 Å². The summed E-state index contributed by atoms with van der Waals surface area (Å²) >= 11 is 1.19. The van der Waals surface area contributed by atoms with Crippen LogP contribution < -0.4 is 0 Å². The summed E-state index contributed by atoms with van der Waals surface area (Å²) < 4.78 is 16.1. The molecule has 2 aliphatic heterocycles. The fourth-order valence-corrected chi connectivity index (χ4v) is 4.24. The van der Waals surface area contributed by atoms with Crippen molar-refractivity contribution in [3.8, 4) is 0 Å². The van der Waals surface area contributed by atoms with E-state index >= 15 is 0 Å². The molecule has 9 heteroatoms. The number of amides is 1. The molecule has 0 aromatic heterocycles. The molecular formula is C20H29NO7S. The molecule has 0 radical (unpaired) electrons. The number of rotatable bonds is 5. The standard InChI is InChI=1S/C20H29NO7S/c1-10(22)27-9-11-12(14(23)19(2,3)4)21-15(24)13(26-8)16(21)29-17(11)28-18(25)20(5,6)7/h13,16-17H,9H2,1-8H3/t13-,16-,17?/m0/s1. The van der Waals surface area contributed by atoms with Gasteiger partial charge in [-0.1, -0.05) is 32.5 Å². The average Bonchev–Trinajstić information content (AvgIpc) is 2.57. The minimum absolute atomic E-state index is 0.118. The van der Waals surface area contributed by atoms with E-state index in [9.17, 15) is 19.2 Å². The van der Waals surface area contributed by atoms with E-state index in [-0.39, 0.29) is 24.0 Å². The van der Waals surface area contributed by atoms with Crippen LogP contribution in [0.5, 0.6) is 0 Å². The summed E-state index contributed by atoms with van der Waals surface area (Å²) in [6.07, 6.45) is -0.742. The number of fused-ring (bicyclic) bond motifs is 1. The molecule has 1 fully saturated rings. The zero-order chi connectivity index (χ0) is 22.3. The van der Waals surface area contributed by atoms with Gasteiger partial charge in [0.1, 0.15) is 12.0 Å². The lowest BCUT2D eigenvalue weighted by molar-refractivity contribution is -0.162. The number of carbonyl (C=O) groups is 4. The molecule has 162 valence electrons. The quantitative estimate of drug-likeness (QED) is 0.487. The van der Waals surface area contributed by atoms with E-state index < -0.39 is 39.7 Å². The molecule has 0 saturated carbocycles. The van der Waals surface area contributed by atoms with Crippen molar-refractivity contribution in [2.24, 2.45) is 10.8 Å². The van der Waals surface area contributed by atoms with Crippen molar-refractivity contribution in [2.75, 3.05) is 13.7 Å². The molecule has 2 heterocycles. The lowest BCUT2D eigenvalue weighted by atomic mass is 9.85. The van der Waals surface area contributed by atoms with E-state index in [0.717, 1.165) is 0 Å². The van der Waals surface area contributed by atoms with Gasteiger partial charge in [-0.05, 0) is 20.8 Å². The molecule has 1 unspecified atom stereocenters. The van der Waals surface area contributed by atoms with Crippen LogP contribution in [0.25, 0.3) is 0 Å². The van der Waals surface area contributed by atoms with E-state index in [1.807, 2.05) is 0 Å². The van der Waals surface area contributed by atoms with Gasteiger partial charge in [0.2, 0.25) is 0 Å². The molecule has 29 heavy (non-hydrogen) atoms. The van der Waals surface area contributed by atoms with Crippen LogP contribution in [0.15, 0.2) is 11.3 Å². The molecule has 1 amide bonds. The Morgan fingerprint density at radius 2 is 1.66 bits per heavy atom. The number of ketones is 1. The first-order valence-corrected chi connectivity index (χ1v) is 10.3. The number of carbonyl (C=O) groups excluding carboxylic acids is 4. The smallest absolute Gasteiger partial charge is 0.312 e. The Labute approximate surface area is 175 Å². The van der Waals surface area contributed by atoms with Gasteiger partial charge in [0, 0.05) is 25.0 Å². The first-order chi connectivity index (χ1) is 13.2. The fourth-order valence-electron chi connectivity index (χ4n) is 2.80. The van der Waals surface area contributed by atoms with Gasteiger partial charge < -0.3 is 14.2 Å². The third kappa shape index (κ3) is 4.66. The van der Waals surface area contributed by atoms with Gasteiger partial charge in [-0.25, -0.2) is 0 Å². The number of β-lactam (4-membered cyclic amide) rings is 1. The molecule has 0 aliphatic carbocycles. The van der Waals surface area contributed by atoms with Crippen molar-refractivity contribution in [1.29, 1.82) is 0 Å². The molecule has 3 atom stereocenters. The van der Waals surface area contributed by atoms with E-state index in [1.54, 1.807) is 41.5 Å². The summed E-state index contributed by atoms with van der Waals surface area (Å²) in [5.41, 5.74) is -2.04. The first kappa shape index (κ1) is 23.4. The lowest BCUT2D eigenvalue weighted by Crippen LogP contribution is -2.67. The largest absolute Gasteiger partial charge is 0.461 e. The Bertz CT molecular complexity index is 760. The Kier molecular flexibility index (Phi) is 6.54. The van der Waals surface area contributed by atoms with Crippen LogP contribution in [0.3, 0.4) is 0 Å². The summed E-state index contributed by atoms with van der Waals surface area (Å²) in [7, 11) is 1.42. The third-order valence-corrected chi connectivity index (χ3v) is 5.86. The molecule has 0 N–H and O–H groups in total. The highest BCUT2D eigenvalue weighted by molar-refractivity contribution is 8.00. The van der Waals surface area contributed by atoms with Crippen molar-refractivity contribution < 1.29 is 33.4 Å². The maximum absolute atomic E-state index is 13.3. The Morgan fingerprint density at radius 1 is 1.07 bits per heavy atom. The molecular weight excluding hydrogens is 398 g/mol. The summed E-state index contributed by atoms with van der Waals surface area (Å²) in [4.78, 5) is 51.2. The van der Waals surface area contributed by atoms with Crippen LogP contribution in [0, 0.1) is 10.8 Å². The normalized spacial score (nSPS) is 24.6. The molecule has 0 aromatic rings. The number of nitrogens with zero attached hydrogens (tertiary/aromatic N) is 1. The Morgan fingerprint density at radius 3 is 2.10 bits per heavy atom. The Hall–Kier alpha value is -1.87. The molecule has 0 aromatic carbocycles. The zero-order valence-corrected chi connectivity index (χ0v) is 19.0. The van der Waals surface area contributed by atoms with Crippen molar-refractivity contribution in [2.45, 2.75) is 65.4 Å². The number of hydrogen-bond donors (Lipinski definition) is 0. The van der Waals surface area contributed by atoms with Crippen molar-refractivity contribution in [1.82, 2.24) is 4.90 Å². The van der Waals surface area contributed by atoms with Crippen LogP contribution >= 0.6 is 11.8 Å². The highest BCUT2D eigenvalue weighted by Gasteiger charge is 2.57. The van der Waals surface area contributed by atoms with Gasteiger partial charge in [0.05, 0.1) is 11.1 Å². The minimum Gasteiger partial charge on any atom is -0.461 e. The number of thioether (sulfide) groups is 1. The van der Waals surface area contributed by atoms with Crippen LogP contribution in [0.1, 0.15) is 48.5 Å². The molecule has 1 saturated heterocycles. The van der Waals surface area contributed by atoms with Crippen LogP contribution in [-0.4, -0.2) is 59.2 Å². The van der Waals surface area contributed by atoms with Gasteiger partial charge in [-0.3, -0.25) is 24.1 Å². The molecule has 2 aliphatic rings. The van der Waals surface area contributed by atoms with Crippen molar-refractivity contribution in [3.05, 3.63) is 11.3 Å². The van der Waals surface area contributed by atoms with Crippen molar-refractivity contribution >= 4 is 35.4 Å². The number of esters is 2. The summed E-state index contributed by atoms with van der Waals surface area (Å²) in [6, 6.07) is 0. The van der Waals surface area contributed by atoms with Crippen LogP contribution in [-0.2, 0) is 33.4 Å². The fraction of sp³-hybridized carbons (Fsp3) is 0.700. The maximum Gasteiger partial charge on any atom is 0.312 e. The van der Waals surface area contributed by atoms with Gasteiger partial charge in [0.15, 0.2) is 17.3 Å². The van der Waals surface area contributed by atoms with E-state index in [1.165, 1.54) is 30.7 Å². The van der Waals surface area contributed by atoms with E-state index in [4.69, 9.17) is 14.2 Å². The zero-order valence-electron chi connectivity index (χ0n) is 18.2. The highest BCUT2D eigenvalue weighted by Crippen LogP contribution is 2.47. The second-order valence-corrected chi connectivity index (χ2v) is 10.3.